The Hall–Kier alpha value is -4.37. The molecule has 5 aromatic rings. The van der Waals surface area contributed by atoms with Gasteiger partial charge in [0.05, 0.1) is 29.8 Å². The molecule has 1 saturated carbocycles. The summed E-state index contributed by atoms with van der Waals surface area (Å²) in [5, 5.41) is 25.4. The minimum Gasteiger partial charge on any atom is -0.496 e. The van der Waals surface area contributed by atoms with Crippen molar-refractivity contribution in [1.82, 2.24) is 25.1 Å². The summed E-state index contributed by atoms with van der Waals surface area (Å²) in [5.41, 5.74) is 5.21. The number of aromatic amines is 1. The van der Waals surface area contributed by atoms with Crippen LogP contribution in [0.1, 0.15) is 62.4 Å². The summed E-state index contributed by atoms with van der Waals surface area (Å²) in [6.45, 7) is 4.93. The van der Waals surface area contributed by atoms with Gasteiger partial charge in [0.1, 0.15) is 5.75 Å². The van der Waals surface area contributed by atoms with E-state index in [1.54, 1.807) is 7.11 Å². The highest BCUT2D eigenvalue weighted by Gasteiger charge is 2.26. The number of carbonyl (C=O) groups is 1. The summed E-state index contributed by atoms with van der Waals surface area (Å²) >= 11 is 0. The van der Waals surface area contributed by atoms with Gasteiger partial charge in [0.15, 0.2) is 5.82 Å². The van der Waals surface area contributed by atoms with Crippen LogP contribution in [0.15, 0.2) is 60.7 Å². The van der Waals surface area contributed by atoms with Crippen LogP contribution in [0.3, 0.4) is 0 Å². The van der Waals surface area contributed by atoms with Crippen LogP contribution in [0.25, 0.3) is 33.1 Å². The number of rotatable bonds is 9. The number of aliphatic hydroxyl groups excluding tert-OH is 1. The second-order valence-corrected chi connectivity index (χ2v) is 11.6. The lowest BCUT2D eigenvalue weighted by atomic mass is 9.93. The Morgan fingerprint density at radius 2 is 1.90 bits per heavy atom. The van der Waals surface area contributed by atoms with E-state index in [0.29, 0.717) is 29.8 Å². The topological polar surface area (TPSA) is 117 Å². The second-order valence-electron chi connectivity index (χ2n) is 11.6. The SMILES string of the molecule is COc1ccccc1-c1ccc2[nH]nc(Nc3nc4cc(C(=O)NCCC(C)C)ccc4n3C3CCC(O)CC3)c2c1. The van der Waals surface area contributed by atoms with Crippen LogP contribution in [0.4, 0.5) is 11.8 Å². The van der Waals surface area contributed by atoms with Gasteiger partial charge in [-0.2, -0.15) is 5.10 Å². The summed E-state index contributed by atoms with van der Waals surface area (Å²) in [6, 6.07) is 20.0. The van der Waals surface area contributed by atoms with Crippen LogP contribution in [-0.4, -0.2) is 50.5 Å². The number of imidazole rings is 1. The molecule has 0 radical (unpaired) electrons. The highest BCUT2D eigenvalue weighted by atomic mass is 16.5. The number of hydrogen-bond acceptors (Lipinski definition) is 6. The summed E-state index contributed by atoms with van der Waals surface area (Å²) in [4.78, 5) is 17.9. The van der Waals surface area contributed by atoms with Gasteiger partial charge < -0.3 is 25.0 Å². The van der Waals surface area contributed by atoms with Crippen LogP contribution in [0.2, 0.25) is 0 Å². The van der Waals surface area contributed by atoms with Crippen molar-refractivity contribution in [2.45, 2.75) is 58.1 Å². The Kier molecular flexibility index (Phi) is 7.84. The van der Waals surface area contributed by atoms with Crippen molar-refractivity contribution in [3.05, 3.63) is 66.2 Å². The number of hydrogen-bond donors (Lipinski definition) is 4. The number of nitrogens with zero attached hydrogens (tertiary/aromatic N) is 3. The Morgan fingerprint density at radius 1 is 1.10 bits per heavy atom. The fourth-order valence-corrected chi connectivity index (χ4v) is 5.86. The van der Waals surface area contributed by atoms with E-state index in [-0.39, 0.29) is 18.1 Å². The zero-order chi connectivity index (χ0) is 29.2. The van der Waals surface area contributed by atoms with Crippen molar-refractivity contribution in [2.75, 3.05) is 19.0 Å². The molecule has 1 amide bonds. The first-order chi connectivity index (χ1) is 20.4. The molecule has 1 aliphatic carbocycles. The third kappa shape index (κ3) is 5.56. The molecule has 3 aromatic carbocycles. The van der Waals surface area contributed by atoms with Gasteiger partial charge in [-0.15, -0.1) is 0 Å². The van der Waals surface area contributed by atoms with Gasteiger partial charge in [-0.05, 0) is 80.0 Å². The molecule has 42 heavy (non-hydrogen) atoms. The Balaban J connectivity index is 1.37. The molecule has 0 saturated heterocycles. The fraction of sp³-hybridized carbons (Fsp3) is 0.364. The van der Waals surface area contributed by atoms with Gasteiger partial charge in [0, 0.05) is 29.1 Å². The maximum absolute atomic E-state index is 12.9. The van der Waals surface area contributed by atoms with E-state index in [1.165, 1.54) is 0 Å². The van der Waals surface area contributed by atoms with Crippen LogP contribution >= 0.6 is 0 Å². The lowest BCUT2D eigenvalue weighted by Crippen LogP contribution is -2.25. The number of aromatic nitrogens is 4. The number of para-hydroxylation sites is 1. The van der Waals surface area contributed by atoms with Crippen molar-refractivity contribution in [1.29, 1.82) is 0 Å². The first-order valence-corrected chi connectivity index (χ1v) is 14.8. The number of methoxy groups -OCH3 is 1. The van der Waals surface area contributed by atoms with E-state index < -0.39 is 0 Å². The van der Waals surface area contributed by atoms with E-state index in [9.17, 15) is 9.90 Å². The number of H-pyrrole nitrogens is 1. The quantitative estimate of drug-likeness (QED) is 0.160. The van der Waals surface area contributed by atoms with Gasteiger partial charge in [0.25, 0.3) is 5.91 Å². The molecule has 0 atom stereocenters. The number of anilines is 2. The molecule has 218 valence electrons. The van der Waals surface area contributed by atoms with Crippen molar-refractivity contribution in [2.24, 2.45) is 5.92 Å². The van der Waals surface area contributed by atoms with Gasteiger partial charge in [-0.3, -0.25) is 9.89 Å². The molecule has 1 aliphatic rings. The molecule has 9 heteroatoms. The Morgan fingerprint density at radius 3 is 2.69 bits per heavy atom. The number of benzene rings is 3. The monoisotopic (exact) mass is 566 g/mol. The van der Waals surface area contributed by atoms with Crippen LogP contribution < -0.4 is 15.4 Å². The summed E-state index contributed by atoms with van der Waals surface area (Å²) in [7, 11) is 1.68. The number of nitrogens with one attached hydrogen (secondary N) is 3. The normalized spacial score (nSPS) is 17.2. The second kappa shape index (κ2) is 11.9. The van der Waals surface area contributed by atoms with Crippen LogP contribution in [0.5, 0.6) is 5.75 Å². The number of fused-ring (bicyclic) bond motifs is 2. The summed E-state index contributed by atoms with van der Waals surface area (Å²) < 4.78 is 7.82. The molecule has 2 aromatic heterocycles. The van der Waals surface area contributed by atoms with Crippen LogP contribution in [0, 0.1) is 5.92 Å². The van der Waals surface area contributed by atoms with E-state index >= 15 is 0 Å². The zero-order valence-electron chi connectivity index (χ0n) is 24.4. The molecular formula is C33H38N6O3. The maximum atomic E-state index is 12.9. The van der Waals surface area contributed by atoms with Crippen molar-refractivity contribution >= 4 is 39.6 Å². The molecule has 0 unspecified atom stereocenters. The lowest BCUT2D eigenvalue weighted by Gasteiger charge is -2.28. The number of aliphatic hydroxyl groups is 1. The predicted octanol–water partition coefficient (Wildman–Crippen LogP) is 6.58. The molecule has 1 fully saturated rings. The molecule has 0 bridgehead atoms. The third-order valence-corrected chi connectivity index (χ3v) is 8.20. The molecule has 4 N–H and O–H groups in total. The van der Waals surface area contributed by atoms with Gasteiger partial charge >= 0.3 is 0 Å². The van der Waals surface area contributed by atoms with Crippen molar-refractivity contribution < 1.29 is 14.6 Å². The average Bonchev–Trinajstić information content (AvgIpc) is 3.57. The van der Waals surface area contributed by atoms with Crippen LogP contribution in [-0.2, 0) is 0 Å². The standard InChI is InChI=1S/C33H38N6O3/c1-20(2)16-17-34-32(41)22-9-15-29-28(19-22)35-33(39(29)23-10-12-24(40)13-11-23)36-31-26-18-21(8-14-27(26)37-38-31)25-6-4-5-7-30(25)42-3/h4-9,14-15,18-20,23-24,40H,10-13,16-17H2,1-3H3,(H,34,41)(H2,35,36,37,38). The average molecular weight is 567 g/mol. The Bertz CT molecular complexity index is 1710. The van der Waals surface area contributed by atoms with Crippen molar-refractivity contribution in [3.63, 3.8) is 0 Å². The fourth-order valence-electron chi connectivity index (χ4n) is 5.86. The smallest absolute Gasteiger partial charge is 0.251 e. The summed E-state index contributed by atoms with van der Waals surface area (Å²) in [6.07, 6.45) is 3.84. The molecule has 9 nitrogen and oxygen atoms in total. The van der Waals surface area contributed by atoms with Gasteiger partial charge in [-0.25, -0.2) is 4.98 Å². The number of carbonyl (C=O) groups excluding carboxylic acids is 1. The van der Waals surface area contributed by atoms with E-state index in [4.69, 9.17) is 9.72 Å². The molecule has 0 spiro atoms. The van der Waals surface area contributed by atoms with E-state index in [0.717, 1.165) is 70.9 Å². The highest BCUT2D eigenvalue weighted by Crippen LogP contribution is 2.37. The predicted molar refractivity (Wildman–Crippen MR) is 166 cm³/mol. The molecular weight excluding hydrogens is 528 g/mol. The maximum Gasteiger partial charge on any atom is 0.251 e. The molecule has 6 rings (SSSR count). The van der Waals surface area contributed by atoms with Gasteiger partial charge in [0.2, 0.25) is 5.95 Å². The first kappa shape index (κ1) is 27.8. The summed E-state index contributed by atoms with van der Waals surface area (Å²) in [5.74, 6) is 2.57. The minimum atomic E-state index is -0.266. The first-order valence-electron chi connectivity index (χ1n) is 14.8. The lowest BCUT2D eigenvalue weighted by molar-refractivity contribution is 0.0952. The number of amides is 1. The van der Waals surface area contributed by atoms with E-state index in [1.807, 2.05) is 48.5 Å². The number of ether oxygens (including phenoxy) is 1. The van der Waals surface area contributed by atoms with E-state index in [2.05, 4.69) is 51.4 Å². The third-order valence-electron chi connectivity index (χ3n) is 8.20. The minimum absolute atomic E-state index is 0.0930. The molecule has 0 aliphatic heterocycles. The van der Waals surface area contributed by atoms with Gasteiger partial charge in [-0.1, -0.05) is 38.1 Å². The largest absolute Gasteiger partial charge is 0.496 e. The Labute approximate surface area is 245 Å². The zero-order valence-corrected chi connectivity index (χ0v) is 24.4. The highest BCUT2D eigenvalue weighted by molar-refractivity contribution is 5.98. The molecule has 2 heterocycles. The van der Waals surface area contributed by atoms with Crippen molar-refractivity contribution in [3.8, 4) is 16.9 Å².